The van der Waals surface area contributed by atoms with E-state index >= 15 is 0 Å². The van der Waals surface area contributed by atoms with Crippen LogP contribution < -0.4 is 14.4 Å². The van der Waals surface area contributed by atoms with Gasteiger partial charge >= 0.3 is 0 Å². The third-order valence-electron chi connectivity index (χ3n) is 6.31. The minimum atomic E-state index is 0.129. The molecule has 5 nitrogen and oxygen atoms in total. The minimum absolute atomic E-state index is 0.129. The Balaban J connectivity index is 1.39. The molecule has 5 heteroatoms. The van der Waals surface area contributed by atoms with E-state index in [1.54, 1.807) is 14.2 Å². The van der Waals surface area contributed by atoms with Gasteiger partial charge in [0.25, 0.3) is 0 Å². The van der Waals surface area contributed by atoms with Gasteiger partial charge in [0.2, 0.25) is 5.91 Å². The van der Waals surface area contributed by atoms with Crippen LogP contribution in [-0.2, 0) is 24.3 Å². The van der Waals surface area contributed by atoms with E-state index in [-0.39, 0.29) is 5.92 Å². The largest absolute Gasteiger partial charge is 0.493 e. The molecule has 1 N–H and O–H groups in total. The van der Waals surface area contributed by atoms with E-state index in [0.29, 0.717) is 5.91 Å². The van der Waals surface area contributed by atoms with Crippen LogP contribution in [-0.4, -0.2) is 44.7 Å². The zero-order valence-electron chi connectivity index (χ0n) is 17.4. The van der Waals surface area contributed by atoms with Gasteiger partial charge < -0.3 is 19.3 Å². The van der Waals surface area contributed by atoms with Gasteiger partial charge in [-0.25, -0.2) is 0 Å². The number of nitrogens with zero attached hydrogens (tertiary/aromatic N) is 1. The van der Waals surface area contributed by atoms with Crippen LogP contribution in [0.4, 0.5) is 0 Å². The summed E-state index contributed by atoms with van der Waals surface area (Å²) < 4.78 is 10.8. The van der Waals surface area contributed by atoms with Gasteiger partial charge in [0, 0.05) is 18.7 Å². The molecule has 0 bridgehead atoms. The standard InChI is InChI=1S/C24H30N2O3/c1-28-22-10-9-18(14-23(22)29-2)15-25-12-5-8-21(16-25)24(27)26-13-11-19-6-3-4-7-20(19)17-26/h3-4,6-7,9-10,14,21H,5,8,11-13,15-17H2,1-2H3/p+1/t21-/m0/s1. The predicted molar refractivity (Wildman–Crippen MR) is 112 cm³/mol. The molecule has 0 spiro atoms. The second-order valence-corrected chi connectivity index (χ2v) is 8.19. The molecule has 1 saturated heterocycles. The molecule has 1 fully saturated rings. The summed E-state index contributed by atoms with van der Waals surface area (Å²) in [5.41, 5.74) is 3.91. The van der Waals surface area contributed by atoms with Crippen molar-refractivity contribution >= 4 is 5.91 Å². The molecule has 0 aromatic heterocycles. The topological polar surface area (TPSA) is 43.2 Å². The van der Waals surface area contributed by atoms with Gasteiger partial charge in [0.15, 0.2) is 11.5 Å². The zero-order chi connectivity index (χ0) is 20.2. The van der Waals surface area contributed by atoms with Gasteiger partial charge in [0.1, 0.15) is 6.54 Å². The maximum Gasteiger partial charge on any atom is 0.231 e. The van der Waals surface area contributed by atoms with Gasteiger partial charge in [-0.15, -0.1) is 0 Å². The van der Waals surface area contributed by atoms with Gasteiger partial charge in [-0.1, -0.05) is 24.3 Å². The zero-order valence-corrected chi connectivity index (χ0v) is 17.4. The smallest absolute Gasteiger partial charge is 0.231 e. The number of likely N-dealkylation sites (tertiary alicyclic amines) is 1. The Morgan fingerprint density at radius 1 is 1.10 bits per heavy atom. The van der Waals surface area contributed by atoms with Crippen molar-refractivity contribution in [2.24, 2.45) is 5.92 Å². The molecule has 1 unspecified atom stereocenters. The Hall–Kier alpha value is -2.53. The first-order valence-electron chi connectivity index (χ1n) is 10.6. The van der Waals surface area contributed by atoms with Crippen molar-refractivity contribution in [1.29, 1.82) is 0 Å². The summed E-state index contributed by atoms with van der Waals surface area (Å²) in [4.78, 5) is 16.8. The molecule has 4 rings (SSSR count). The number of carbonyl (C=O) groups is 1. The number of hydrogen-bond donors (Lipinski definition) is 1. The number of benzene rings is 2. The number of methoxy groups -OCH3 is 2. The van der Waals surface area contributed by atoms with Crippen molar-refractivity contribution in [3.05, 3.63) is 59.2 Å². The summed E-state index contributed by atoms with van der Waals surface area (Å²) in [7, 11) is 3.32. The Kier molecular flexibility index (Phi) is 6.05. The highest BCUT2D eigenvalue weighted by molar-refractivity contribution is 5.79. The number of amides is 1. The summed E-state index contributed by atoms with van der Waals surface area (Å²) in [6.45, 7) is 4.53. The van der Waals surface area contributed by atoms with Gasteiger partial charge in [-0.2, -0.15) is 0 Å². The van der Waals surface area contributed by atoms with Crippen LogP contribution in [0.2, 0.25) is 0 Å². The van der Waals surface area contributed by atoms with Crippen LogP contribution in [0.5, 0.6) is 11.5 Å². The average molecular weight is 396 g/mol. The number of piperidine rings is 1. The monoisotopic (exact) mass is 395 g/mol. The molecule has 2 aromatic rings. The number of carbonyl (C=O) groups excluding carboxylic acids is 1. The lowest BCUT2D eigenvalue weighted by atomic mass is 9.93. The van der Waals surface area contributed by atoms with E-state index in [1.807, 2.05) is 6.07 Å². The number of ether oxygens (including phenoxy) is 2. The lowest BCUT2D eigenvalue weighted by Gasteiger charge is -2.35. The van der Waals surface area contributed by atoms with E-state index in [9.17, 15) is 4.79 Å². The summed E-state index contributed by atoms with van der Waals surface area (Å²) in [5, 5.41) is 0. The predicted octanol–water partition coefficient (Wildman–Crippen LogP) is 2.08. The molecular formula is C24H31N2O3+. The van der Waals surface area contributed by atoms with E-state index in [2.05, 4.69) is 41.3 Å². The van der Waals surface area contributed by atoms with Gasteiger partial charge in [-0.3, -0.25) is 4.79 Å². The fourth-order valence-electron chi connectivity index (χ4n) is 4.74. The molecule has 2 aliphatic rings. The molecule has 2 aliphatic heterocycles. The highest BCUT2D eigenvalue weighted by atomic mass is 16.5. The summed E-state index contributed by atoms with van der Waals surface area (Å²) in [5.74, 6) is 1.98. The van der Waals surface area contributed by atoms with Crippen molar-refractivity contribution in [1.82, 2.24) is 4.90 Å². The highest BCUT2D eigenvalue weighted by Gasteiger charge is 2.33. The van der Waals surface area contributed by atoms with Crippen LogP contribution in [0.25, 0.3) is 0 Å². The maximum atomic E-state index is 13.2. The second kappa shape index (κ2) is 8.87. The van der Waals surface area contributed by atoms with E-state index in [4.69, 9.17) is 9.47 Å². The van der Waals surface area contributed by atoms with Crippen molar-refractivity contribution in [3.63, 3.8) is 0 Å². The Morgan fingerprint density at radius 2 is 1.90 bits per heavy atom. The molecule has 0 saturated carbocycles. The molecular weight excluding hydrogens is 364 g/mol. The van der Waals surface area contributed by atoms with Crippen molar-refractivity contribution in [3.8, 4) is 11.5 Å². The summed E-state index contributed by atoms with van der Waals surface area (Å²) in [6, 6.07) is 14.6. The minimum Gasteiger partial charge on any atom is -0.493 e. The number of fused-ring (bicyclic) bond motifs is 1. The molecule has 0 aliphatic carbocycles. The SMILES string of the molecule is COc1ccc(C[NH+]2CCC[C@H](C(=O)N3CCc4ccccc4C3)C2)cc1OC. The molecule has 29 heavy (non-hydrogen) atoms. The molecule has 2 heterocycles. The molecule has 0 radical (unpaired) electrons. The second-order valence-electron chi connectivity index (χ2n) is 8.19. The Labute approximate surface area is 173 Å². The third-order valence-corrected chi connectivity index (χ3v) is 6.31. The lowest BCUT2D eigenvalue weighted by Crippen LogP contribution is -3.12. The van der Waals surface area contributed by atoms with Crippen molar-refractivity contribution in [2.45, 2.75) is 32.4 Å². The van der Waals surface area contributed by atoms with Crippen LogP contribution in [0.15, 0.2) is 42.5 Å². The summed E-state index contributed by atoms with van der Waals surface area (Å²) >= 11 is 0. The first-order chi connectivity index (χ1) is 14.2. The average Bonchev–Trinajstić information content (AvgIpc) is 2.78. The van der Waals surface area contributed by atoms with Crippen LogP contribution >= 0.6 is 0 Å². The number of quaternary nitrogens is 1. The number of rotatable bonds is 5. The van der Waals surface area contributed by atoms with E-state index in [1.165, 1.54) is 21.6 Å². The maximum absolute atomic E-state index is 13.2. The van der Waals surface area contributed by atoms with Gasteiger partial charge in [-0.05, 0) is 48.6 Å². The Morgan fingerprint density at radius 3 is 2.69 bits per heavy atom. The van der Waals surface area contributed by atoms with Crippen LogP contribution in [0.3, 0.4) is 0 Å². The van der Waals surface area contributed by atoms with E-state index in [0.717, 1.165) is 63.5 Å². The first kappa shape index (κ1) is 19.8. The number of hydrogen-bond acceptors (Lipinski definition) is 3. The number of nitrogens with one attached hydrogen (secondary N) is 1. The highest BCUT2D eigenvalue weighted by Crippen LogP contribution is 2.27. The molecule has 1 amide bonds. The Bertz CT molecular complexity index is 867. The van der Waals surface area contributed by atoms with Crippen LogP contribution in [0, 0.1) is 5.92 Å². The molecule has 2 atom stereocenters. The van der Waals surface area contributed by atoms with Gasteiger partial charge in [0.05, 0.1) is 33.2 Å². The summed E-state index contributed by atoms with van der Waals surface area (Å²) in [6.07, 6.45) is 3.08. The third kappa shape index (κ3) is 4.40. The van der Waals surface area contributed by atoms with E-state index < -0.39 is 0 Å². The fourth-order valence-corrected chi connectivity index (χ4v) is 4.74. The first-order valence-corrected chi connectivity index (χ1v) is 10.6. The van der Waals surface area contributed by atoms with Crippen molar-refractivity contribution in [2.75, 3.05) is 33.9 Å². The fraction of sp³-hybridized carbons (Fsp3) is 0.458. The quantitative estimate of drug-likeness (QED) is 0.843. The molecule has 154 valence electrons. The molecule has 2 aromatic carbocycles. The van der Waals surface area contributed by atoms with Crippen LogP contribution in [0.1, 0.15) is 29.5 Å². The van der Waals surface area contributed by atoms with Crippen molar-refractivity contribution < 1.29 is 19.2 Å². The lowest BCUT2D eigenvalue weighted by molar-refractivity contribution is -0.921. The normalized spacial score (nSPS) is 21.4.